The molecule has 0 spiro atoms. The zero-order chi connectivity index (χ0) is 21.5. The quantitative estimate of drug-likeness (QED) is 0.396. The van der Waals surface area contributed by atoms with E-state index in [0.29, 0.717) is 12.2 Å². The molecule has 0 aliphatic carbocycles. The number of rotatable bonds is 8. The second kappa shape index (κ2) is 9.95. The third-order valence-electron chi connectivity index (χ3n) is 4.61. The van der Waals surface area contributed by atoms with Crippen molar-refractivity contribution in [2.45, 2.75) is 11.6 Å². The number of amides is 1. The van der Waals surface area contributed by atoms with Gasteiger partial charge in [-0.1, -0.05) is 48.2 Å². The molecule has 4 aromatic rings. The fourth-order valence-corrected chi connectivity index (χ4v) is 3.97. The Hall–Kier alpha value is -3.58. The highest BCUT2D eigenvalue weighted by Gasteiger charge is 2.16. The van der Waals surface area contributed by atoms with Gasteiger partial charge in [0.15, 0.2) is 11.0 Å². The summed E-state index contributed by atoms with van der Waals surface area (Å²) in [7, 11) is 1.64. The number of anilines is 1. The van der Waals surface area contributed by atoms with E-state index in [0.717, 1.165) is 33.7 Å². The van der Waals surface area contributed by atoms with E-state index in [1.807, 2.05) is 89.5 Å². The van der Waals surface area contributed by atoms with E-state index in [1.165, 1.54) is 11.8 Å². The van der Waals surface area contributed by atoms with Gasteiger partial charge in [0.25, 0.3) is 0 Å². The molecule has 1 N–H and O–H groups in total. The first-order valence-corrected chi connectivity index (χ1v) is 10.9. The maximum atomic E-state index is 12.3. The number of nitrogens with zero attached hydrogens (tertiary/aromatic N) is 3. The van der Waals surface area contributed by atoms with Crippen LogP contribution >= 0.6 is 11.8 Å². The topological polar surface area (TPSA) is 69.0 Å². The van der Waals surface area contributed by atoms with Crippen LogP contribution in [0.5, 0.6) is 5.75 Å². The molecule has 1 aromatic heterocycles. The van der Waals surface area contributed by atoms with Crippen molar-refractivity contribution >= 4 is 23.4 Å². The first-order chi connectivity index (χ1) is 15.2. The maximum absolute atomic E-state index is 12.3. The van der Waals surface area contributed by atoms with Crippen molar-refractivity contribution in [1.82, 2.24) is 14.8 Å². The van der Waals surface area contributed by atoms with Crippen molar-refractivity contribution in [3.8, 4) is 22.8 Å². The average Bonchev–Trinajstić information content (AvgIpc) is 3.24. The van der Waals surface area contributed by atoms with Gasteiger partial charge in [-0.05, 0) is 48.5 Å². The minimum atomic E-state index is -0.0279. The third-order valence-corrected chi connectivity index (χ3v) is 5.54. The second-order valence-electron chi connectivity index (χ2n) is 6.72. The third kappa shape index (κ3) is 5.13. The molecular formula is C24H22N4O2S. The fourth-order valence-electron chi connectivity index (χ4n) is 3.08. The van der Waals surface area contributed by atoms with E-state index >= 15 is 0 Å². The lowest BCUT2D eigenvalue weighted by atomic mass is 10.2. The van der Waals surface area contributed by atoms with Gasteiger partial charge in [0, 0.05) is 29.1 Å². The molecule has 0 bridgehead atoms. The number of methoxy groups -OCH3 is 1. The Balaban J connectivity index is 1.52. The summed E-state index contributed by atoms with van der Waals surface area (Å²) in [6.07, 6.45) is 0.374. The largest absolute Gasteiger partial charge is 0.497 e. The molecule has 0 aliphatic heterocycles. The molecular weight excluding hydrogens is 408 g/mol. The first-order valence-electron chi connectivity index (χ1n) is 9.87. The van der Waals surface area contributed by atoms with Crippen LogP contribution in [0.4, 0.5) is 5.69 Å². The van der Waals surface area contributed by atoms with Crippen LogP contribution in [0.3, 0.4) is 0 Å². The minimum absolute atomic E-state index is 0.0279. The van der Waals surface area contributed by atoms with Gasteiger partial charge in [0.2, 0.25) is 5.91 Å². The van der Waals surface area contributed by atoms with Gasteiger partial charge in [-0.25, -0.2) is 0 Å². The predicted molar refractivity (Wildman–Crippen MR) is 124 cm³/mol. The Bertz CT molecular complexity index is 1130. The van der Waals surface area contributed by atoms with Crippen LogP contribution in [0.1, 0.15) is 6.42 Å². The Morgan fingerprint density at radius 1 is 0.935 bits per heavy atom. The lowest BCUT2D eigenvalue weighted by molar-refractivity contribution is -0.115. The van der Waals surface area contributed by atoms with Gasteiger partial charge in [0.05, 0.1) is 7.11 Å². The summed E-state index contributed by atoms with van der Waals surface area (Å²) in [5.74, 6) is 2.09. The SMILES string of the molecule is COc1ccc(-c2nnc(SCCC(=O)Nc3ccccc3)n2-c2ccccc2)cc1. The van der Waals surface area contributed by atoms with Crippen LogP contribution < -0.4 is 10.1 Å². The lowest BCUT2D eigenvalue weighted by Crippen LogP contribution is -2.12. The molecule has 0 fully saturated rings. The molecule has 0 radical (unpaired) electrons. The number of carbonyl (C=O) groups is 1. The standard InChI is InChI=1S/C24H22N4O2S/c1-30-21-14-12-18(13-15-21)23-26-27-24(28(23)20-10-6-3-7-11-20)31-17-16-22(29)25-19-8-4-2-5-9-19/h2-15H,16-17H2,1H3,(H,25,29). The average molecular weight is 431 g/mol. The number of ether oxygens (including phenoxy) is 1. The normalized spacial score (nSPS) is 10.6. The molecule has 1 amide bonds. The Morgan fingerprint density at radius 2 is 1.61 bits per heavy atom. The zero-order valence-corrected chi connectivity index (χ0v) is 17.9. The molecule has 6 nitrogen and oxygen atoms in total. The smallest absolute Gasteiger partial charge is 0.225 e. The number of carbonyl (C=O) groups excluding carboxylic acids is 1. The van der Waals surface area contributed by atoms with Crippen LogP contribution in [-0.2, 0) is 4.79 Å². The van der Waals surface area contributed by atoms with Gasteiger partial charge in [-0.15, -0.1) is 10.2 Å². The Morgan fingerprint density at radius 3 is 2.29 bits per heavy atom. The van der Waals surface area contributed by atoms with Crippen molar-refractivity contribution in [3.05, 3.63) is 84.9 Å². The molecule has 0 unspecified atom stereocenters. The molecule has 1 heterocycles. The predicted octanol–water partition coefficient (Wildman–Crippen LogP) is 5.06. The number of thioether (sulfide) groups is 1. The van der Waals surface area contributed by atoms with E-state index in [1.54, 1.807) is 7.11 Å². The van der Waals surface area contributed by atoms with E-state index in [4.69, 9.17) is 4.74 Å². The summed E-state index contributed by atoms with van der Waals surface area (Å²) in [5, 5.41) is 12.5. The summed E-state index contributed by atoms with van der Waals surface area (Å²) in [5.41, 5.74) is 2.70. The summed E-state index contributed by atoms with van der Waals surface area (Å²) in [6.45, 7) is 0. The Labute approximate surface area is 185 Å². The second-order valence-corrected chi connectivity index (χ2v) is 7.78. The lowest BCUT2D eigenvalue weighted by Gasteiger charge is -2.11. The summed E-state index contributed by atoms with van der Waals surface area (Å²) in [6, 6.07) is 27.2. The highest BCUT2D eigenvalue weighted by Crippen LogP contribution is 2.29. The highest BCUT2D eigenvalue weighted by molar-refractivity contribution is 7.99. The number of hydrogen-bond acceptors (Lipinski definition) is 5. The van der Waals surface area contributed by atoms with Gasteiger partial charge in [-0.3, -0.25) is 9.36 Å². The zero-order valence-electron chi connectivity index (χ0n) is 17.1. The molecule has 0 atom stereocenters. The molecule has 4 rings (SSSR count). The van der Waals surface area contributed by atoms with E-state index < -0.39 is 0 Å². The van der Waals surface area contributed by atoms with Crippen molar-refractivity contribution in [3.63, 3.8) is 0 Å². The molecule has 156 valence electrons. The van der Waals surface area contributed by atoms with Gasteiger partial charge in [0.1, 0.15) is 5.75 Å². The number of benzene rings is 3. The number of para-hydroxylation sites is 2. The molecule has 3 aromatic carbocycles. The molecule has 31 heavy (non-hydrogen) atoms. The molecule has 0 aliphatic rings. The highest BCUT2D eigenvalue weighted by atomic mass is 32.2. The van der Waals surface area contributed by atoms with E-state index in [9.17, 15) is 4.79 Å². The van der Waals surface area contributed by atoms with Crippen LogP contribution in [0.2, 0.25) is 0 Å². The first kappa shape index (κ1) is 20.7. The number of aromatic nitrogens is 3. The molecule has 7 heteroatoms. The van der Waals surface area contributed by atoms with Crippen LogP contribution in [-0.4, -0.2) is 33.5 Å². The van der Waals surface area contributed by atoms with Crippen LogP contribution in [0.15, 0.2) is 90.1 Å². The fraction of sp³-hybridized carbons (Fsp3) is 0.125. The number of nitrogens with one attached hydrogen (secondary N) is 1. The minimum Gasteiger partial charge on any atom is -0.497 e. The summed E-state index contributed by atoms with van der Waals surface area (Å²) >= 11 is 1.51. The van der Waals surface area contributed by atoms with E-state index in [-0.39, 0.29) is 5.91 Å². The maximum Gasteiger partial charge on any atom is 0.225 e. The summed E-state index contributed by atoms with van der Waals surface area (Å²) in [4.78, 5) is 12.3. The van der Waals surface area contributed by atoms with Crippen LogP contribution in [0.25, 0.3) is 17.1 Å². The molecule has 0 saturated carbocycles. The van der Waals surface area contributed by atoms with Gasteiger partial charge in [-0.2, -0.15) is 0 Å². The van der Waals surface area contributed by atoms with Crippen molar-refractivity contribution in [1.29, 1.82) is 0 Å². The Kier molecular flexibility index (Phi) is 6.64. The monoisotopic (exact) mass is 430 g/mol. The van der Waals surface area contributed by atoms with Crippen molar-refractivity contribution in [2.75, 3.05) is 18.2 Å². The number of hydrogen-bond donors (Lipinski definition) is 1. The van der Waals surface area contributed by atoms with Gasteiger partial charge < -0.3 is 10.1 Å². The van der Waals surface area contributed by atoms with Gasteiger partial charge >= 0.3 is 0 Å². The van der Waals surface area contributed by atoms with Crippen LogP contribution in [0, 0.1) is 0 Å². The van der Waals surface area contributed by atoms with Crippen molar-refractivity contribution in [2.24, 2.45) is 0 Å². The van der Waals surface area contributed by atoms with E-state index in [2.05, 4.69) is 15.5 Å². The molecule has 0 saturated heterocycles. The van der Waals surface area contributed by atoms with Crippen molar-refractivity contribution < 1.29 is 9.53 Å². The summed E-state index contributed by atoms with van der Waals surface area (Å²) < 4.78 is 7.27.